The van der Waals surface area contributed by atoms with Gasteiger partial charge in [0, 0.05) is 23.4 Å². The molecule has 1 unspecified atom stereocenters. The number of amides is 1. The van der Waals surface area contributed by atoms with E-state index < -0.39 is 23.2 Å². The normalized spacial score (nSPS) is 12.5. The van der Waals surface area contributed by atoms with Crippen molar-refractivity contribution in [2.45, 2.75) is 66.0 Å². The summed E-state index contributed by atoms with van der Waals surface area (Å²) in [5, 5.41) is 17.8. The highest BCUT2D eigenvalue weighted by Crippen LogP contribution is 2.27. The Morgan fingerprint density at radius 1 is 1.12 bits per heavy atom. The van der Waals surface area contributed by atoms with E-state index in [-0.39, 0.29) is 53.7 Å². The lowest BCUT2D eigenvalue weighted by Gasteiger charge is -2.18. The zero-order valence-corrected chi connectivity index (χ0v) is 23.5. The molecule has 40 heavy (non-hydrogen) atoms. The minimum Gasteiger partial charge on any atom is -0.496 e. The molecule has 1 heterocycles. The van der Waals surface area contributed by atoms with Crippen molar-refractivity contribution >= 4 is 11.6 Å². The summed E-state index contributed by atoms with van der Waals surface area (Å²) in [6, 6.07) is 10.3. The molecule has 2 N–H and O–H groups in total. The second-order valence-corrected chi connectivity index (χ2v) is 9.93. The van der Waals surface area contributed by atoms with E-state index in [1.807, 2.05) is 13.8 Å². The molecule has 0 spiro atoms. The van der Waals surface area contributed by atoms with E-state index in [9.17, 15) is 23.9 Å². The lowest BCUT2D eigenvalue weighted by Crippen LogP contribution is -2.43. The van der Waals surface area contributed by atoms with Crippen molar-refractivity contribution in [2.75, 3.05) is 7.11 Å². The van der Waals surface area contributed by atoms with Gasteiger partial charge >= 0.3 is 5.69 Å². The van der Waals surface area contributed by atoms with Crippen LogP contribution in [0.25, 0.3) is 0 Å². The molecule has 11 heteroatoms. The number of ether oxygens (including phenoxy) is 1. The molecule has 3 rings (SSSR count). The number of carbonyl (C=O) groups excluding carboxylic acids is 1. The van der Waals surface area contributed by atoms with Crippen LogP contribution in [0.1, 0.15) is 67.8 Å². The van der Waals surface area contributed by atoms with Gasteiger partial charge in [-0.15, -0.1) is 0 Å². The van der Waals surface area contributed by atoms with Crippen LogP contribution in [0.15, 0.2) is 63.4 Å². The van der Waals surface area contributed by atoms with Crippen molar-refractivity contribution in [2.24, 2.45) is 5.16 Å². The average Bonchev–Trinajstić information content (AvgIpc) is 2.90. The van der Waals surface area contributed by atoms with Gasteiger partial charge in [0.05, 0.1) is 31.5 Å². The Hall–Kier alpha value is -4.25. The number of aromatic nitrogens is 2. The predicted octanol–water partition coefficient (Wildman–Crippen LogP) is 3.23. The number of hydrogen-bond donors (Lipinski definition) is 2. The Labute approximate surface area is 231 Å². The molecule has 10 nitrogen and oxygen atoms in total. The lowest BCUT2D eigenvalue weighted by atomic mass is 10.1. The first-order chi connectivity index (χ1) is 18.9. The molecule has 0 aliphatic carbocycles. The van der Waals surface area contributed by atoms with Gasteiger partial charge in [0.15, 0.2) is 0 Å². The summed E-state index contributed by atoms with van der Waals surface area (Å²) in [5.41, 5.74) is 0.0390. The number of nitrogens with one attached hydrogen (secondary N) is 1. The maximum Gasteiger partial charge on any atom is 0.331 e. The Balaban J connectivity index is 2.10. The third kappa shape index (κ3) is 7.44. The van der Waals surface area contributed by atoms with Gasteiger partial charge in [-0.1, -0.05) is 17.3 Å². The summed E-state index contributed by atoms with van der Waals surface area (Å²) in [5.74, 6) is -0.616. The highest BCUT2D eigenvalue weighted by atomic mass is 19.1. The molecule has 0 saturated carbocycles. The van der Waals surface area contributed by atoms with E-state index in [4.69, 9.17) is 9.57 Å². The smallest absolute Gasteiger partial charge is 0.331 e. The van der Waals surface area contributed by atoms with Crippen LogP contribution in [0.3, 0.4) is 0 Å². The zero-order valence-electron chi connectivity index (χ0n) is 23.5. The first-order valence-corrected chi connectivity index (χ1v) is 12.9. The van der Waals surface area contributed by atoms with Crippen LogP contribution >= 0.6 is 0 Å². The molecule has 214 valence electrons. The fourth-order valence-corrected chi connectivity index (χ4v) is 3.99. The van der Waals surface area contributed by atoms with E-state index in [2.05, 4.69) is 10.5 Å². The SMILES string of the molecule is COc1ccc(F)cc1C(O)Cn1cc(/C(C)=N/OC(C)C)c(=O)n(Cc2cccc(C(=O)NC(C)C)c2)c1=O. The van der Waals surface area contributed by atoms with Crippen LogP contribution in [0.5, 0.6) is 5.75 Å². The number of oxime groups is 1. The summed E-state index contributed by atoms with van der Waals surface area (Å²) >= 11 is 0. The molecule has 0 aliphatic heterocycles. The monoisotopic (exact) mass is 554 g/mol. The van der Waals surface area contributed by atoms with E-state index in [1.54, 1.807) is 45.0 Å². The fraction of sp³-hybridized carbons (Fsp3) is 0.379. The lowest BCUT2D eigenvalue weighted by molar-refractivity contribution is 0.0859. The number of aliphatic hydroxyl groups excluding tert-OH is 1. The largest absolute Gasteiger partial charge is 0.496 e. The molecule has 2 aromatic carbocycles. The minimum absolute atomic E-state index is 0.0684. The van der Waals surface area contributed by atoms with Crippen LogP contribution in [0.2, 0.25) is 0 Å². The minimum atomic E-state index is -1.34. The molecule has 3 aromatic rings. The third-order valence-electron chi connectivity index (χ3n) is 5.90. The summed E-state index contributed by atoms with van der Waals surface area (Å²) in [6.07, 6.45) is -0.287. The van der Waals surface area contributed by atoms with Crippen molar-refractivity contribution < 1.29 is 23.9 Å². The van der Waals surface area contributed by atoms with E-state index in [0.717, 1.165) is 15.2 Å². The van der Waals surface area contributed by atoms with Crippen molar-refractivity contribution in [1.82, 2.24) is 14.5 Å². The van der Waals surface area contributed by atoms with E-state index >= 15 is 0 Å². The standard InChI is InChI=1S/C29H35FN4O6/c1-17(2)31-27(36)21-9-7-8-20(12-21)14-34-28(37)24(19(5)32-40-18(3)4)15-33(29(34)38)16-25(35)23-13-22(30)10-11-26(23)39-6/h7-13,15,17-18,25,35H,14,16H2,1-6H3,(H,31,36)/b32-19+. The van der Waals surface area contributed by atoms with Gasteiger partial charge in [0.1, 0.15) is 23.8 Å². The Morgan fingerprint density at radius 3 is 2.50 bits per heavy atom. The zero-order chi connectivity index (χ0) is 29.6. The van der Waals surface area contributed by atoms with Gasteiger partial charge in [0.2, 0.25) is 0 Å². The number of halogens is 1. The predicted molar refractivity (Wildman–Crippen MR) is 149 cm³/mol. The summed E-state index contributed by atoms with van der Waals surface area (Å²) in [6.45, 7) is 8.36. The van der Waals surface area contributed by atoms with Gasteiger partial charge in [-0.3, -0.25) is 18.7 Å². The van der Waals surface area contributed by atoms with Crippen molar-refractivity contribution in [3.05, 3.63) is 97.6 Å². The molecule has 1 atom stereocenters. The summed E-state index contributed by atoms with van der Waals surface area (Å²) in [7, 11) is 1.39. The van der Waals surface area contributed by atoms with Crippen molar-refractivity contribution in [3.63, 3.8) is 0 Å². The Bertz CT molecular complexity index is 1510. The first-order valence-electron chi connectivity index (χ1n) is 12.9. The maximum absolute atomic E-state index is 14.0. The van der Waals surface area contributed by atoms with Gasteiger partial charge in [-0.25, -0.2) is 9.18 Å². The summed E-state index contributed by atoms with van der Waals surface area (Å²) in [4.78, 5) is 44.9. The number of aliphatic hydroxyl groups is 1. The van der Waals surface area contributed by atoms with Crippen LogP contribution in [-0.4, -0.2) is 45.1 Å². The molecule has 0 bridgehead atoms. The topological polar surface area (TPSA) is 124 Å². The molecule has 1 amide bonds. The van der Waals surface area contributed by atoms with Gasteiger partial charge in [-0.05, 0) is 70.5 Å². The molecule has 0 radical (unpaired) electrons. The van der Waals surface area contributed by atoms with Crippen molar-refractivity contribution in [1.29, 1.82) is 0 Å². The van der Waals surface area contributed by atoms with Crippen LogP contribution < -0.4 is 21.3 Å². The number of hydrogen-bond acceptors (Lipinski definition) is 7. The van der Waals surface area contributed by atoms with Gasteiger partial charge < -0.3 is 20.0 Å². The third-order valence-corrected chi connectivity index (χ3v) is 5.90. The van der Waals surface area contributed by atoms with Crippen molar-refractivity contribution in [3.8, 4) is 5.75 Å². The van der Waals surface area contributed by atoms with Crippen LogP contribution in [0, 0.1) is 5.82 Å². The van der Waals surface area contributed by atoms with Crippen LogP contribution in [0.4, 0.5) is 4.39 Å². The fourth-order valence-electron chi connectivity index (χ4n) is 3.99. The second kappa shape index (κ2) is 13.2. The van der Waals surface area contributed by atoms with E-state index in [1.165, 1.54) is 25.4 Å². The maximum atomic E-state index is 14.0. The molecule has 0 fully saturated rings. The van der Waals surface area contributed by atoms with Gasteiger partial charge in [0.25, 0.3) is 11.5 Å². The number of methoxy groups -OCH3 is 1. The second-order valence-electron chi connectivity index (χ2n) is 9.93. The van der Waals surface area contributed by atoms with Crippen LogP contribution in [-0.2, 0) is 17.9 Å². The number of rotatable bonds is 11. The number of carbonyl (C=O) groups is 1. The van der Waals surface area contributed by atoms with E-state index in [0.29, 0.717) is 11.1 Å². The first kappa shape index (κ1) is 30.3. The Kier molecular flexibility index (Phi) is 10.0. The highest BCUT2D eigenvalue weighted by Gasteiger charge is 2.20. The molecule has 0 aliphatic rings. The highest BCUT2D eigenvalue weighted by molar-refractivity contribution is 5.97. The Morgan fingerprint density at radius 2 is 1.85 bits per heavy atom. The number of nitrogens with zero attached hydrogens (tertiary/aromatic N) is 3. The molecular formula is C29H35FN4O6. The number of benzene rings is 2. The van der Waals surface area contributed by atoms with Gasteiger partial charge in [-0.2, -0.15) is 0 Å². The molecular weight excluding hydrogens is 519 g/mol. The molecule has 1 aromatic heterocycles. The summed E-state index contributed by atoms with van der Waals surface area (Å²) < 4.78 is 21.4. The quantitative estimate of drug-likeness (QED) is 0.277. The average molecular weight is 555 g/mol. The molecule has 0 saturated heterocycles.